The molecule has 0 aliphatic heterocycles. The highest BCUT2D eigenvalue weighted by Gasteiger charge is 2.13. The second-order valence-corrected chi connectivity index (χ2v) is 4.68. The van der Waals surface area contributed by atoms with E-state index in [0.717, 1.165) is 11.1 Å². The van der Waals surface area contributed by atoms with Gasteiger partial charge in [-0.2, -0.15) is 0 Å². The molecule has 1 amide bonds. The predicted molar refractivity (Wildman–Crippen MR) is 77.9 cm³/mol. The second-order valence-electron chi connectivity index (χ2n) is 4.68. The van der Waals surface area contributed by atoms with Gasteiger partial charge in [-0.15, -0.1) is 0 Å². The van der Waals surface area contributed by atoms with Crippen molar-refractivity contribution < 1.29 is 4.79 Å². The van der Waals surface area contributed by atoms with Crippen LogP contribution in [0.5, 0.6) is 0 Å². The quantitative estimate of drug-likeness (QED) is 0.827. The van der Waals surface area contributed by atoms with Crippen LogP contribution in [0.3, 0.4) is 0 Å². The first-order chi connectivity index (χ1) is 9.08. The number of hydrogen-bond acceptors (Lipinski definition) is 2. The van der Waals surface area contributed by atoms with Gasteiger partial charge < -0.3 is 11.1 Å². The zero-order chi connectivity index (χ0) is 13.8. The van der Waals surface area contributed by atoms with Crippen molar-refractivity contribution in [2.24, 2.45) is 0 Å². The summed E-state index contributed by atoms with van der Waals surface area (Å²) in [4.78, 5) is 12.2. The molecular weight excluding hydrogens is 236 g/mol. The van der Waals surface area contributed by atoms with Gasteiger partial charge in [-0.3, -0.25) is 4.79 Å². The van der Waals surface area contributed by atoms with E-state index in [4.69, 9.17) is 5.73 Å². The van der Waals surface area contributed by atoms with Crippen LogP contribution in [-0.4, -0.2) is 5.91 Å². The van der Waals surface area contributed by atoms with Gasteiger partial charge in [0.2, 0.25) is 0 Å². The number of rotatable bonds is 3. The van der Waals surface area contributed by atoms with E-state index in [-0.39, 0.29) is 11.9 Å². The summed E-state index contributed by atoms with van der Waals surface area (Å²) in [5.74, 6) is -0.0962. The van der Waals surface area contributed by atoms with Gasteiger partial charge in [-0.25, -0.2) is 0 Å². The van der Waals surface area contributed by atoms with Gasteiger partial charge in [0.15, 0.2) is 0 Å². The molecule has 0 saturated carbocycles. The van der Waals surface area contributed by atoms with Crippen LogP contribution in [0.25, 0.3) is 0 Å². The highest BCUT2D eigenvalue weighted by Crippen LogP contribution is 2.16. The Labute approximate surface area is 113 Å². The molecule has 0 aromatic heterocycles. The largest absolute Gasteiger partial charge is 0.399 e. The first-order valence-corrected chi connectivity index (χ1v) is 6.30. The van der Waals surface area contributed by atoms with Crippen molar-refractivity contribution >= 4 is 11.6 Å². The number of carbonyl (C=O) groups excluding carboxylic acids is 1. The van der Waals surface area contributed by atoms with Crippen molar-refractivity contribution in [3.63, 3.8) is 0 Å². The third-order valence-corrected chi connectivity index (χ3v) is 3.15. The highest BCUT2D eigenvalue weighted by molar-refractivity contribution is 5.96. The first kappa shape index (κ1) is 13.1. The van der Waals surface area contributed by atoms with Crippen LogP contribution in [0.2, 0.25) is 0 Å². The van der Waals surface area contributed by atoms with Crippen LogP contribution in [-0.2, 0) is 0 Å². The summed E-state index contributed by atoms with van der Waals surface area (Å²) in [5, 5.41) is 2.99. The number of nitrogens with two attached hydrogens (primary N) is 1. The lowest BCUT2D eigenvalue weighted by molar-refractivity contribution is 0.0939. The van der Waals surface area contributed by atoms with Crippen LogP contribution in [0.4, 0.5) is 5.69 Å². The van der Waals surface area contributed by atoms with Gasteiger partial charge >= 0.3 is 0 Å². The van der Waals surface area contributed by atoms with E-state index in [9.17, 15) is 4.79 Å². The minimum atomic E-state index is -0.0962. The third-order valence-electron chi connectivity index (χ3n) is 3.15. The zero-order valence-electron chi connectivity index (χ0n) is 11.2. The van der Waals surface area contributed by atoms with Crippen molar-refractivity contribution in [2.45, 2.75) is 19.9 Å². The fraction of sp³-hybridized carbons (Fsp3) is 0.188. The molecule has 2 aromatic carbocycles. The predicted octanol–water partition coefficient (Wildman–Crippen LogP) is 3.07. The summed E-state index contributed by atoms with van der Waals surface area (Å²) in [6, 6.07) is 15.2. The molecule has 0 unspecified atom stereocenters. The van der Waals surface area contributed by atoms with Gasteiger partial charge in [0.25, 0.3) is 5.91 Å². The molecule has 3 heteroatoms. The number of nitrogens with one attached hydrogen (secondary N) is 1. The Kier molecular flexibility index (Phi) is 3.85. The number of amides is 1. The number of hydrogen-bond donors (Lipinski definition) is 2. The third kappa shape index (κ3) is 3.13. The number of benzene rings is 2. The minimum absolute atomic E-state index is 0.0328. The summed E-state index contributed by atoms with van der Waals surface area (Å²) >= 11 is 0. The number of aryl methyl sites for hydroxylation is 1. The fourth-order valence-electron chi connectivity index (χ4n) is 1.98. The smallest absolute Gasteiger partial charge is 0.252 e. The first-order valence-electron chi connectivity index (χ1n) is 6.30. The molecule has 0 bridgehead atoms. The Morgan fingerprint density at radius 2 is 1.84 bits per heavy atom. The summed E-state index contributed by atoms with van der Waals surface area (Å²) in [7, 11) is 0. The lowest BCUT2D eigenvalue weighted by atomic mass is 10.1. The lowest BCUT2D eigenvalue weighted by Gasteiger charge is -2.15. The van der Waals surface area contributed by atoms with Crippen molar-refractivity contribution in [1.29, 1.82) is 0 Å². The number of nitrogen functional groups attached to an aromatic ring is 1. The summed E-state index contributed by atoms with van der Waals surface area (Å²) in [6.07, 6.45) is 0. The molecule has 3 nitrogen and oxygen atoms in total. The normalized spacial score (nSPS) is 11.9. The Balaban J connectivity index is 2.15. The SMILES string of the molecule is Cc1ccc(N)cc1C(=O)N[C@H](C)c1ccccc1. The maximum atomic E-state index is 12.2. The minimum Gasteiger partial charge on any atom is -0.399 e. The average molecular weight is 254 g/mol. The molecule has 98 valence electrons. The Hall–Kier alpha value is -2.29. The van der Waals surface area contributed by atoms with Crippen LogP contribution in [0, 0.1) is 6.92 Å². The molecule has 19 heavy (non-hydrogen) atoms. The van der Waals surface area contributed by atoms with E-state index >= 15 is 0 Å². The number of carbonyl (C=O) groups is 1. The molecule has 1 atom stereocenters. The maximum absolute atomic E-state index is 12.2. The summed E-state index contributed by atoms with van der Waals surface area (Å²) < 4.78 is 0. The van der Waals surface area contributed by atoms with Crippen molar-refractivity contribution in [3.05, 3.63) is 65.2 Å². The Morgan fingerprint density at radius 3 is 2.53 bits per heavy atom. The van der Waals surface area contributed by atoms with Crippen LogP contribution in [0.1, 0.15) is 34.5 Å². The standard InChI is InChI=1S/C16H18N2O/c1-11-8-9-14(17)10-15(11)16(19)18-12(2)13-6-4-3-5-7-13/h3-10,12H,17H2,1-2H3,(H,18,19)/t12-/m1/s1. The van der Waals surface area contributed by atoms with E-state index in [1.54, 1.807) is 12.1 Å². The van der Waals surface area contributed by atoms with Crippen LogP contribution < -0.4 is 11.1 Å². The van der Waals surface area contributed by atoms with E-state index in [0.29, 0.717) is 11.3 Å². The Morgan fingerprint density at radius 1 is 1.16 bits per heavy atom. The van der Waals surface area contributed by atoms with Gasteiger partial charge in [-0.05, 0) is 37.1 Å². The lowest BCUT2D eigenvalue weighted by Crippen LogP contribution is -2.27. The van der Waals surface area contributed by atoms with Gasteiger partial charge in [0, 0.05) is 11.3 Å². The summed E-state index contributed by atoms with van der Waals surface area (Å²) in [6.45, 7) is 3.87. The van der Waals surface area contributed by atoms with Gasteiger partial charge in [0.05, 0.1) is 6.04 Å². The Bertz CT molecular complexity index is 579. The molecule has 3 N–H and O–H groups in total. The second kappa shape index (κ2) is 5.57. The molecule has 0 heterocycles. The van der Waals surface area contributed by atoms with E-state index in [1.807, 2.05) is 50.2 Å². The molecule has 0 saturated heterocycles. The monoisotopic (exact) mass is 254 g/mol. The molecule has 0 spiro atoms. The highest BCUT2D eigenvalue weighted by atomic mass is 16.1. The molecule has 2 aromatic rings. The van der Waals surface area contributed by atoms with Crippen LogP contribution in [0.15, 0.2) is 48.5 Å². The molecule has 2 rings (SSSR count). The van der Waals surface area contributed by atoms with Gasteiger partial charge in [-0.1, -0.05) is 36.4 Å². The van der Waals surface area contributed by atoms with Gasteiger partial charge in [0.1, 0.15) is 0 Å². The topological polar surface area (TPSA) is 55.1 Å². The summed E-state index contributed by atoms with van der Waals surface area (Å²) in [5.41, 5.74) is 8.96. The van der Waals surface area contributed by atoms with Crippen molar-refractivity contribution in [3.8, 4) is 0 Å². The average Bonchev–Trinajstić information content (AvgIpc) is 2.42. The zero-order valence-corrected chi connectivity index (χ0v) is 11.2. The van der Waals surface area contributed by atoms with Crippen molar-refractivity contribution in [1.82, 2.24) is 5.32 Å². The van der Waals surface area contributed by atoms with Crippen LogP contribution >= 0.6 is 0 Å². The van der Waals surface area contributed by atoms with E-state index in [2.05, 4.69) is 5.32 Å². The molecular formula is C16H18N2O. The molecule has 0 radical (unpaired) electrons. The molecule has 0 aliphatic carbocycles. The van der Waals surface area contributed by atoms with E-state index in [1.165, 1.54) is 0 Å². The number of anilines is 1. The van der Waals surface area contributed by atoms with Crippen molar-refractivity contribution in [2.75, 3.05) is 5.73 Å². The molecule has 0 fully saturated rings. The van der Waals surface area contributed by atoms with E-state index < -0.39 is 0 Å². The maximum Gasteiger partial charge on any atom is 0.252 e. The molecule has 0 aliphatic rings. The fourth-order valence-corrected chi connectivity index (χ4v) is 1.98.